The van der Waals surface area contributed by atoms with Crippen molar-refractivity contribution in [2.45, 2.75) is 43.4 Å². The lowest BCUT2D eigenvalue weighted by Gasteiger charge is -2.37. The molecular weight excluding hydrogens is 502 g/mol. The van der Waals surface area contributed by atoms with Gasteiger partial charge in [0.25, 0.3) is 5.56 Å². The van der Waals surface area contributed by atoms with E-state index < -0.39 is 11.5 Å². The van der Waals surface area contributed by atoms with E-state index in [0.29, 0.717) is 48.5 Å². The number of aliphatic hydroxyl groups is 1. The maximum absolute atomic E-state index is 13.7. The van der Waals surface area contributed by atoms with Gasteiger partial charge < -0.3 is 9.84 Å². The molecule has 9 heteroatoms. The number of hydrogen-bond acceptors (Lipinski definition) is 7. The van der Waals surface area contributed by atoms with Gasteiger partial charge in [-0.3, -0.25) is 14.3 Å². The van der Waals surface area contributed by atoms with Crippen molar-refractivity contribution in [1.29, 1.82) is 5.26 Å². The molecule has 4 aromatic rings. The molecule has 2 aliphatic heterocycles. The Balaban J connectivity index is 1.34. The average Bonchev–Trinajstić information content (AvgIpc) is 2.95. The van der Waals surface area contributed by atoms with Crippen LogP contribution in [0, 0.1) is 11.3 Å². The third-order valence-electron chi connectivity index (χ3n) is 8.05. The third kappa shape index (κ3) is 4.36. The van der Waals surface area contributed by atoms with E-state index in [1.54, 1.807) is 17.0 Å². The third-order valence-corrected chi connectivity index (χ3v) is 8.26. The van der Waals surface area contributed by atoms with Crippen LogP contribution in [0.3, 0.4) is 0 Å². The van der Waals surface area contributed by atoms with Crippen molar-refractivity contribution >= 4 is 33.3 Å². The first-order chi connectivity index (χ1) is 18.5. The molecule has 8 nitrogen and oxygen atoms in total. The standard InChI is InChI=1S/C29H28ClN5O3/c30-26-7-3-6-25(33-26)29(17-31)9-11-34(12-10-29)15-19-14-22-27(21-5-2-1-4-20(19)21)32-18-35(28(22)37)23-8-13-38-16-24(23)36/h1-7,14,18,23-24,36H,8-13,15-16H2/t23-,24-/m0/s1. The summed E-state index contributed by atoms with van der Waals surface area (Å²) in [6.07, 6.45) is 2.68. The molecule has 0 saturated carbocycles. The first-order valence-corrected chi connectivity index (χ1v) is 13.3. The zero-order chi connectivity index (χ0) is 26.3. The fraction of sp³-hybridized carbons (Fsp3) is 0.379. The van der Waals surface area contributed by atoms with Gasteiger partial charge in [0.15, 0.2) is 0 Å². The number of ether oxygens (including phenoxy) is 1. The topological polar surface area (TPSA) is 104 Å². The first kappa shape index (κ1) is 25.0. The Kier molecular flexibility index (Phi) is 6.62. The lowest BCUT2D eigenvalue weighted by Crippen LogP contribution is -2.42. The van der Waals surface area contributed by atoms with Crippen molar-refractivity contribution in [2.75, 3.05) is 26.3 Å². The molecule has 194 valence electrons. The van der Waals surface area contributed by atoms with E-state index in [9.17, 15) is 15.2 Å². The highest BCUT2D eigenvalue weighted by molar-refractivity contribution is 6.29. The number of nitriles is 1. The molecule has 2 aliphatic rings. The maximum atomic E-state index is 13.7. The zero-order valence-electron chi connectivity index (χ0n) is 20.9. The lowest BCUT2D eigenvalue weighted by molar-refractivity contribution is -0.0395. The molecule has 0 aliphatic carbocycles. The van der Waals surface area contributed by atoms with Crippen molar-refractivity contribution in [3.05, 3.63) is 81.6 Å². The molecule has 0 amide bonds. The fourth-order valence-corrected chi connectivity index (χ4v) is 6.05. The Hall–Kier alpha value is -3.35. The molecule has 2 aromatic heterocycles. The van der Waals surface area contributed by atoms with Crippen LogP contribution in [0.25, 0.3) is 21.7 Å². The number of piperidine rings is 1. The van der Waals surface area contributed by atoms with Crippen molar-refractivity contribution in [1.82, 2.24) is 19.4 Å². The van der Waals surface area contributed by atoms with Crippen LogP contribution in [0.2, 0.25) is 5.15 Å². The van der Waals surface area contributed by atoms with E-state index in [1.807, 2.05) is 36.4 Å². The summed E-state index contributed by atoms with van der Waals surface area (Å²) in [6, 6.07) is 17.6. The number of halogens is 1. The minimum Gasteiger partial charge on any atom is -0.389 e. The van der Waals surface area contributed by atoms with Gasteiger partial charge in [-0.2, -0.15) is 5.26 Å². The minimum atomic E-state index is -0.747. The summed E-state index contributed by atoms with van der Waals surface area (Å²) in [5.74, 6) is 0. The van der Waals surface area contributed by atoms with Gasteiger partial charge in [-0.25, -0.2) is 9.97 Å². The summed E-state index contributed by atoms with van der Waals surface area (Å²) >= 11 is 6.12. The van der Waals surface area contributed by atoms with Crippen LogP contribution in [0.1, 0.15) is 36.6 Å². The molecule has 4 heterocycles. The molecule has 2 saturated heterocycles. The molecule has 1 N–H and O–H groups in total. The van der Waals surface area contributed by atoms with Gasteiger partial charge in [-0.15, -0.1) is 0 Å². The predicted molar refractivity (Wildman–Crippen MR) is 145 cm³/mol. The van der Waals surface area contributed by atoms with E-state index in [-0.39, 0.29) is 18.2 Å². The van der Waals surface area contributed by atoms with Gasteiger partial charge in [0, 0.05) is 31.6 Å². The molecule has 0 bridgehead atoms. The minimum absolute atomic E-state index is 0.151. The van der Waals surface area contributed by atoms with Crippen LogP contribution in [0.4, 0.5) is 0 Å². The second kappa shape index (κ2) is 10.1. The molecule has 2 atom stereocenters. The zero-order valence-corrected chi connectivity index (χ0v) is 21.6. The Morgan fingerprint density at radius 1 is 1.13 bits per heavy atom. The van der Waals surface area contributed by atoms with E-state index in [0.717, 1.165) is 35.1 Å². The normalized spacial score (nSPS) is 21.9. The second-order valence-electron chi connectivity index (χ2n) is 10.2. The SMILES string of the molecule is N#CC1(c2cccc(Cl)n2)CCN(Cc2cc3c(=O)n([C@H]4CCOC[C@@H]4O)cnc3c3ccccc23)CC1. The Bertz CT molecular complexity index is 1610. The van der Waals surface area contributed by atoms with Gasteiger partial charge >= 0.3 is 0 Å². The number of fused-ring (bicyclic) bond motifs is 3. The molecule has 2 fully saturated rings. The maximum Gasteiger partial charge on any atom is 0.261 e. The number of likely N-dealkylation sites (tertiary alicyclic amines) is 1. The highest BCUT2D eigenvalue weighted by Gasteiger charge is 2.38. The summed E-state index contributed by atoms with van der Waals surface area (Å²) in [6.45, 7) is 2.80. The van der Waals surface area contributed by atoms with E-state index in [4.69, 9.17) is 16.3 Å². The molecule has 6 rings (SSSR count). The van der Waals surface area contributed by atoms with Gasteiger partial charge in [0.2, 0.25) is 0 Å². The van der Waals surface area contributed by atoms with Crippen LogP contribution in [0.5, 0.6) is 0 Å². The lowest BCUT2D eigenvalue weighted by atomic mass is 9.76. The Morgan fingerprint density at radius 2 is 1.92 bits per heavy atom. The van der Waals surface area contributed by atoms with Crippen LogP contribution in [0.15, 0.2) is 59.7 Å². The first-order valence-electron chi connectivity index (χ1n) is 12.9. The van der Waals surface area contributed by atoms with Crippen LogP contribution >= 0.6 is 11.6 Å². The Morgan fingerprint density at radius 3 is 2.66 bits per heavy atom. The number of benzene rings is 2. The molecule has 0 spiro atoms. The van der Waals surface area contributed by atoms with Gasteiger partial charge in [-0.1, -0.05) is 41.9 Å². The fourth-order valence-electron chi connectivity index (χ4n) is 5.89. The van der Waals surface area contributed by atoms with Crippen LogP contribution in [-0.2, 0) is 16.7 Å². The predicted octanol–water partition coefficient (Wildman–Crippen LogP) is 3.98. The molecule has 0 unspecified atom stereocenters. The summed E-state index contributed by atoms with van der Waals surface area (Å²) in [4.78, 5) is 25.1. The van der Waals surface area contributed by atoms with E-state index in [1.165, 1.54) is 0 Å². The van der Waals surface area contributed by atoms with Crippen LogP contribution < -0.4 is 5.56 Å². The van der Waals surface area contributed by atoms with E-state index >= 15 is 0 Å². The number of aliphatic hydroxyl groups excluding tert-OH is 1. The Labute approximate surface area is 225 Å². The van der Waals surface area contributed by atoms with Gasteiger partial charge in [0.05, 0.1) is 47.7 Å². The summed E-state index contributed by atoms with van der Waals surface area (Å²) < 4.78 is 6.92. The van der Waals surface area contributed by atoms with Gasteiger partial charge in [0.1, 0.15) is 10.6 Å². The largest absolute Gasteiger partial charge is 0.389 e. The number of hydrogen-bond donors (Lipinski definition) is 1. The highest BCUT2D eigenvalue weighted by atomic mass is 35.5. The van der Waals surface area contributed by atoms with Crippen LogP contribution in [-0.4, -0.2) is 56.9 Å². The highest BCUT2D eigenvalue weighted by Crippen LogP contribution is 2.36. The summed E-state index contributed by atoms with van der Waals surface area (Å²) in [5, 5.41) is 23.5. The monoisotopic (exact) mass is 529 g/mol. The quantitative estimate of drug-likeness (QED) is 0.315. The smallest absolute Gasteiger partial charge is 0.261 e. The number of nitrogens with zero attached hydrogens (tertiary/aromatic N) is 5. The molecule has 38 heavy (non-hydrogen) atoms. The molecule has 0 radical (unpaired) electrons. The number of rotatable bonds is 4. The van der Waals surface area contributed by atoms with E-state index in [2.05, 4.69) is 27.0 Å². The van der Waals surface area contributed by atoms with Gasteiger partial charge in [-0.05, 0) is 48.4 Å². The number of aromatic nitrogens is 3. The average molecular weight is 530 g/mol. The van der Waals surface area contributed by atoms with Crippen molar-refractivity contribution in [3.63, 3.8) is 0 Å². The number of pyridine rings is 1. The van der Waals surface area contributed by atoms with Crippen molar-refractivity contribution in [2.24, 2.45) is 0 Å². The summed E-state index contributed by atoms with van der Waals surface area (Å²) in [5.41, 5.74) is 1.63. The van der Waals surface area contributed by atoms with Crippen molar-refractivity contribution < 1.29 is 9.84 Å². The molecule has 2 aromatic carbocycles. The van der Waals surface area contributed by atoms with Crippen molar-refractivity contribution in [3.8, 4) is 6.07 Å². The molecular formula is C29H28ClN5O3. The summed E-state index contributed by atoms with van der Waals surface area (Å²) in [7, 11) is 0. The second-order valence-corrected chi connectivity index (χ2v) is 10.6.